The Morgan fingerprint density at radius 1 is 1.27 bits per heavy atom. The molecule has 0 saturated heterocycles. The SMILES string of the molecule is Cc1nc(C(N)C(C)C)n(CC(=O)N2CC=C(c3ccccc3)CC2)n1. The van der Waals surface area contributed by atoms with Crippen molar-refractivity contribution in [3.05, 3.63) is 53.6 Å². The molecule has 0 saturated carbocycles. The molecule has 6 nitrogen and oxygen atoms in total. The minimum absolute atomic E-state index is 0.0514. The van der Waals surface area contributed by atoms with E-state index >= 15 is 0 Å². The second kappa shape index (κ2) is 7.83. The first-order valence-corrected chi connectivity index (χ1v) is 9.15. The Kier molecular flexibility index (Phi) is 5.52. The van der Waals surface area contributed by atoms with Crippen molar-refractivity contribution in [1.82, 2.24) is 19.7 Å². The van der Waals surface area contributed by atoms with Crippen molar-refractivity contribution in [3.8, 4) is 0 Å². The molecule has 138 valence electrons. The lowest BCUT2D eigenvalue weighted by Crippen LogP contribution is -2.38. The summed E-state index contributed by atoms with van der Waals surface area (Å²) in [5.74, 6) is 1.62. The Labute approximate surface area is 154 Å². The molecule has 1 amide bonds. The number of aryl methyl sites for hydroxylation is 1. The van der Waals surface area contributed by atoms with Crippen LogP contribution in [-0.2, 0) is 11.3 Å². The van der Waals surface area contributed by atoms with Crippen LogP contribution in [0.25, 0.3) is 5.57 Å². The maximum atomic E-state index is 12.7. The molecule has 1 atom stereocenters. The summed E-state index contributed by atoms with van der Waals surface area (Å²) in [6, 6.07) is 10.1. The molecule has 1 aromatic heterocycles. The second-order valence-electron chi connectivity index (χ2n) is 7.13. The number of rotatable bonds is 5. The van der Waals surface area contributed by atoms with E-state index in [1.54, 1.807) is 4.68 Å². The number of hydrogen-bond donors (Lipinski definition) is 1. The summed E-state index contributed by atoms with van der Waals surface area (Å²) in [6.07, 6.45) is 3.01. The summed E-state index contributed by atoms with van der Waals surface area (Å²) in [5.41, 5.74) is 8.76. The first-order valence-electron chi connectivity index (χ1n) is 9.15. The van der Waals surface area contributed by atoms with Crippen molar-refractivity contribution < 1.29 is 4.79 Å². The van der Waals surface area contributed by atoms with E-state index in [4.69, 9.17) is 5.73 Å². The summed E-state index contributed by atoms with van der Waals surface area (Å²) in [5, 5.41) is 4.37. The first-order chi connectivity index (χ1) is 12.5. The Morgan fingerprint density at radius 3 is 2.62 bits per heavy atom. The maximum absolute atomic E-state index is 12.7. The molecule has 1 aliphatic rings. The summed E-state index contributed by atoms with van der Waals surface area (Å²) >= 11 is 0. The van der Waals surface area contributed by atoms with E-state index in [1.807, 2.05) is 43.9 Å². The fourth-order valence-electron chi connectivity index (χ4n) is 3.17. The molecular formula is C20H27N5O. The Morgan fingerprint density at radius 2 is 2.00 bits per heavy atom. The van der Waals surface area contributed by atoms with Gasteiger partial charge in [-0.3, -0.25) is 4.79 Å². The summed E-state index contributed by atoms with van der Waals surface area (Å²) in [6.45, 7) is 7.45. The monoisotopic (exact) mass is 353 g/mol. The average molecular weight is 353 g/mol. The summed E-state index contributed by atoms with van der Waals surface area (Å²) < 4.78 is 1.67. The molecule has 1 unspecified atom stereocenters. The zero-order valence-electron chi connectivity index (χ0n) is 15.7. The zero-order chi connectivity index (χ0) is 18.7. The highest BCUT2D eigenvalue weighted by atomic mass is 16.2. The highest BCUT2D eigenvalue weighted by molar-refractivity contribution is 5.78. The molecule has 3 rings (SSSR count). The van der Waals surface area contributed by atoms with Gasteiger partial charge in [-0.15, -0.1) is 0 Å². The van der Waals surface area contributed by atoms with Crippen LogP contribution in [0.3, 0.4) is 0 Å². The number of benzene rings is 1. The third-order valence-corrected chi connectivity index (χ3v) is 4.81. The Balaban J connectivity index is 1.68. The quantitative estimate of drug-likeness (QED) is 0.896. The minimum atomic E-state index is -0.227. The van der Waals surface area contributed by atoms with Gasteiger partial charge in [0.15, 0.2) is 0 Å². The van der Waals surface area contributed by atoms with Gasteiger partial charge in [0.05, 0.1) is 6.04 Å². The van der Waals surface area contributed by atoms with Crippen LogP contribution < -0.4 is 5.73 Å². The number of carbonyl (C=O) groups excluding carboxylic acids is 1. The summed E-state index contributed by atoms with van der Waals surface area (Å²) in [4.78, 5) is 19.0. The predicted octanol–water partition coefficient (Wildman–Crippen LogP) is 2.56. The number of hydrogen-bond acceptors (Lipinski definition) is 4. The molecule has 6 heteroatoms. The van der Waals surface area contributed by atoms with Gasteiger partial charge in [-0.2, -0.15) is 5.10 Å². The molecule has 1 aliphatic heterocycles. The number of nitrogens with two attached hydrogens (primary N) is 1. The lowest BCUT2D eigenvalue weighted by Gasteiger charge is -2.27. The molecule has 0 radical (unpaired) electrons. The van der Waals surface area contributed by atoms with Crippen LogP contribution in [0.4, 0.5) is 0 Å². The van der Waals surface area contributed by atoms with Gasteiger partial charge in [-0.05, 0) is 30.4 Å². The highest BCUT2D eigenvalue weighted by Gasteiger charge is 2.23. The van der Waals surface area contributed by atoms with Crippen molar-refractivity contribution in [2.24, 2.45) is 11.7 Å². The Bertz CT molecular complexity index is 794. The molecule has 0 aliphatic carbocycles. The van der Waals surface area contributed by atoms with Gasteiger partial charge in [0, 0.05) is 13.1 Å². The molecular weight excluding hydrogens is 326 g/mol. The van der Waals surface area contributed by atoms with Gasteiger partial charge in [0.1, 0.15) is 18.2 Å². The number of amides is 1. The van der Waals surface area contributed by atoms with E-state index in [0.717, 1.165) is 13.0 Å². The van der Waals surface area contributed by atoms with Crippen molar-refractivity contribution in [2.45, 2.75) is 39.8 Å². The third-order valence-electron chi connectivity index (χ3n) is 4.81. The van der Waals surface area contributed by atoms with Gasteiger partial charge in [-0.25, -0.2) is 9.67 Å². The van der Waals surface area contributed by atoms with E-state index in [9.17, 15) is 4.79 Å². The van der Waals surface area contributed by atoms with Crippen molar-refractivity contribution >= 4 is 11.5 Å². The molecule has 0 bridgehead atoms. The lowest BCUT2D eigenvalue weighted by atomic mass is 9.99. The molecule has 0 spiro atoms. The van der Waals surface area contributed by atoms with E-state index < -0.39 is 0 Å². The molecule has 2 N–H and O–H groups in total. The fourth-order valence-corrected chi connectivity index (χ4v) is 3.17. The van der Waals surface area contributed by atoms with Crippen LogP contribution in [0, 0.1) is 12.8 Å². The highest BCUT2D eigenvalue weighted by Crippen LogP contribution is 2.22. The van der Waals surface area contributed by atoms with Crippen LogP contribution in [0.15, 0.2) is 36.4 Å². The molecule has 2 heterocycles. The number of carbonyl (C=O) groups is 1. The van der Waals surface area contributed by atoms with Gasteiger partial charge in [-0.1, -0.05) is 50.3 Å². The van der Waals surface area contributed by atoms with E-state index in [-0.39, 0.29) is 24.4 Å². The van der Waals surface area contributed by atoms with Crippen molar-refractivity contribution in [3.63, 3.8) is 0 Å². The van der Waals surface area contributed by atoms with Gasteiger partial charge in [0.2, 0.25) is 5.91 Å². The zero-order valence-corrected chi connectivity index (χ0v) is 15.7. The smallest absolute Gasteiger partial charge is 0.244 e. The van der Waals surface area contributed by atoms with Gasteiger partial charge >= 0.3 is 0 Å². The third kappa shape index (κ3) is 4.02. The van der Waals surface area contributed by atoms with Crippen molar-refractivity contribution in [2.75, 3.05) is 13.1 Å². The number of aromatic nitrogens is 3. The molecule has 0 fully saturated rings. The Hall–Kier alpha value is -2.47. The van der Waals surface area contributed by atoms with Gasteiger partial charge in [0.25, 0.3) is 0 Å². The van der Waals surface area contributed by atoms with Gasteiger partial charge < -0.3 is 10.6 Å². The minimum Gasteiger partial charge on any atom is -0.337 e. The van der Waals surface area contributed by atoms with Crippen LogP contribution in [0.1, 0.15) is 43.5 Å². The van der Waals surface area contributed by atoms with Crippen LogP contribution in [-0.4, -0.2) is 38.7 Å². The largest absolute Gasteiger partial charge is 0.337 e. The van der Waals surface area contributed by atoms with E-state index in [2.05, 4.69) is 28.3 Å². The fraction of sp³-hybridized carbons (Fsp3) is 0.450. The predicted molar refractivity (Wildman–Crippen MR) is 102 cm³/mol. The maximum Gasteiger partial charge on any atom is 0.244 e. The van der Waals surface area contributed by atoms with Crippen LogP contribution >= 0.6 is 0 Å². The van der Waals surface area contributed by atoms with Crippen molar-refractivity contribution in [1.29, 1.82) is 0 Å². The molecule has 2 aromatic rings. The average Bonchev–Trinajstić information content (AvgIpc) is 3.01. The summed E-state index contributed by atoms with van der Waals surface area (Å²) in [7, 11) is 0. The first kappa shape index (κ1) is 18.3. The molecule has 1 aromatic carbocycles. The molecule has 26 heavy (non-hydrogen) atoms. The normalized spacial score (nSPS) is 15.9. The second-order valence-corrected chi connectivity index (χ2v) is 7.13. The lowest BCUT2D eigenvalue weighted by molar-refractivity contribution is -0.131. The topological polar surface area (TPSA) is 77.0 Å². The van der Waals surface area contributed by atoms with Crippen LogP contribution in [0.5, 0.6) is 0 Å². The van der Waals surface area contributed by atoms with Crippen LogP contribution in [0.2, 0.25) is 0 Å². The van der Waals surface area contributed by atoms with E-state index in [1.165, 1.54) is 11.1 Å². The number of nitrogens with zero attached hydrogens (tertiary/aromatic N) is 4. The van der Waals surface area contributed by atoms with E-state index in [0.29, 0.717) is 18.2 Å². The standard InChI is InChI=1S/C20H27N5O/c1-14(2)19(21)20-22-15(3)23-25(20)13-18(26)24-11-9-17(10-12-24)16-7-5-4-6-8-16/h4-9,14,19H,10-13,21H2,1-3H3.